The van der Waals surface area contributed by atoms with E-state index in [1.807, 2.05) is 49.5 Å². The normalized spacial score (nSPS) is 13.5. The molecule has 1 radical (unpaired) electrons. The average molecular weight is 745 g/mol. The molecule has 0 unspecified atom stereocenters. The third-order valence-corrected chi connectivity index (χ3v) is 10.1. The first-order valence-electron chi connectivity index (χ1n) is 14.6. The van der Waals surface area contributed by atoms with Crippen LogP contribution in [0.2, 0.25) is 19.6 Å². The van der Waals surface area contributed by atoms with E-state index in [9.17, 15) is 0 Å². The van der Waals surface area contributed by atoms with Gasteiger partial charge in [0.05, 0.1) is 13.7 Å². The molecule has 5 heteroatoms. The number of fused-ring (bicyclic) bond motifs is 3. The summed E-state index contributed by atoms with van der Waals surface area (Å²) in [6, 6.07) is 33.7. The molecule has 3 aromatic heterocycles. The molecule has 1 aliphatic carbocycles. The third kappa shape index (κ3) is 6.49. The summed E-state index contributed by atoms with van der Waals surface area (Å²) in [4.78, 5) is 9.10. The molecule has 215 valence electrons. The maximum atomic E-state index is 6.35. The maximum absolute atomic E-state index is 6.35. The second-order valence-corrected chi connectivity index (χ2v) is 17.2. The number of aromatic nitrogens is 2. The zero-order chi connectivity index (χ0) is 28.4. The molecule has 0 spiro atoms. The number of rotatable bonds is 4. The molecule has 7 rings (SSSR count). The first kappa shape index (κ1) is 30.1. The third-order valence-electron chi connectivity index (χ3n) is 8.06. The predicted molar refractivity (Wildman–Crippen MR) is 173 cm³/mol. The summed E-state index contributed by atoms with van der Waals surface area (Å²) >= 11 is 0. The largest absolute Gasteiger partial charge is 0.501 e. The SMILES string of the molecule is C[Si](C)(C)c1ccc2c(c1)oc1c(-c3ccc(C4CCCC4)cn3)[c-]ccc12.Cc1ccc(-c2[c-]cccc2)nc1.[Ir]. The summed E-state index contributed by atoms with van der Waals surface area (Å²) in [5.74, 6) is 0.688. The molecule has 0 amide bonds. The van der Waals surface area contributed by atoms with Gasteiger partial charge in [0.1, 0.15) is 5.58 Å². The van der Waals surface area contributed by atoms with Crippen LogP contribution in [0.1, 0.15) is 42.7 Å². The van der Waals surface area contributed by atoms with Crippen molar-refractivity contribution in [2.45, 2.75) is 58.2 Å². The second kappa shape index (κ2) is 12.9. The fraction of sp³-hybridized carbons (Fsp3) is 0.243. The summed E-state index contributed by atoms with van der Waals surface area (Å²) in [6.07, 6.45) is 9.22. The van der Waals surface area contributed by atoms with Crippen molar-refractivity contribution in [3.8, 4) is 22.5 Å². The number of hydrogen-bond donors (Lipinski definition) is 0. The van der Waals surface area contributed by atoms with Crippen LogP contribution in [0.3, 0.4) is 0 Å². The minimum absolute atomic E-state index is 0. The van der Waals surface area contributed by atoms with E-state index in [2.05, 4.69) is 85.4 Å². The smallest absolute Gasteiger partial charge is 0.120 e. The number of hydrogen-bond acceptors (Lipinski definition) is 3. The molecule has 0 saturated heterocycles. The molecule has 3 nitrogen and oxygen atoms in total. The van der Waals surface area contributed by atoms with Crippen molar-refractivity contribution in [3.05, 3.63) is 115 Å². The molecule has 1 saturated carbocycles. The Morgan fingerprint density at radius 1 is 0.786 bits per heavy atom. The van der Waals surface area contributed by atoms with Crippen LogP contribution in [0.4, 0.5) is 0 Å². The van der Waals surface area contributed by atoms with E-state index in [4.69, 9.17) is 9.40 Å². The molecule has 3 aromatic carbocycles. The first-order chi connectivity index (χ1) is 19.9. The Hall–Kier alpha value is -3.37. The molecule has 1 aliphatic rings. The van der Waals surface area contributed by atoms with Crippen LogP contribution in [0.5, 0.6) is 0 Å². The van der Waals surface area contributed by atoms with Gasteiger partial charge in [-0.05, 0) is 54.3 Å². The van der Waals surface area contributed by atoms with Gasteiger partial charge in [0.25, 0.3) is 0 Å². The molecule has 0 N–H and O–H groups in total. The Morgan fingerprint density at radius 3 is 2.24 bits per heavy atom. The van der Waals surface area contributed by atoms with E-state index in [0.29, 0.717) is 5.92 Å². The van der Waals surface area contributed by atoms with Crippen molar-refractivity contribution in [3.63, 3.8) is 0 Å². The van der Waals surface area contributed by atoms with Crippen molar-refractivity contribution < 1.29 is 24.5 Å². The average Bonchev–Trinajstić information content (AvgIpc) is 3.66. The zero-order valence-electron chi connectivity index (χ0n) is 24.7. The number of nitrogens with zero attached hydrogens (tertiary/aromatic N) is 2. The molecular weight excluding hydrogens is 709 g/mol. The number of pyridine rings is 2. The Balaban J connectivity index is 0.000000212. The topological polar surface area (TPSA) is 38.9 Å². The first-order valence-corrected chi connectivity index (χ1v) is 18.1. The van der Waals surface area contributed by atoms with Crippen LogP contribution in [0.15, 0.2) is 95.7 Å². The van der Waals surface area contributed by atoms with Gasteiger partial charge in [0.15, 0.2) is 0 Å². The summed E-state index contributed by atoms with van der Waals surface area (Å²) in [5.41, 5.74) is 8.34. The Kier molecular flexibility index (Phi) is 9.22. The quantitative estimate of drug-likeness (QED) is 0.133. The van der Waals surface area contributed by atoms with E-state index < -0.39 is 8.07 Å². The molecule has 42 heavy (non-hydrogen) atoms. The number of furan rings is 1. The standard InChI is InChI=1S/C25H26NOSi.C12H10N.Ir/c1-28(2,3)19-12-13-20-21-9-6-10-22(25(21)27-24(20)15-19)23-14-11-18(16-26-23)17-7-4-5-8-17;1-10-7-8-12(13-9-10)11-5-3-2-4-6-11;/h6,9,11-17H,4-5,7-8H2,1-3H3;2-5,7-9H,1H3;/q2*-1;. The summed E-state index contributed by atoms with van der Waals surface area (Å²) in [7, 11) is -1.38. The summed E-state index contributed by atoms with van der Waals surface area (Å²) < 4.78 is 6.35. The van der Waals surface area contributed by atoms with Crippen LogP contribution >= 0.6 is 0 Å². The van der Waals surface area contributed by atoms with Crippen LogP contribution in [0.25, 0.3) is 44.5 Å². The Morgan fingerprint density at radius 2 is 1.57 bits per heavy atom. The van der Waals surface area contributed by atoms with E-state index in [1.54, 1.807) is 0 Å². The van der Waals surface area contributed by atoms with E-state index in [1.165, 1.54) is 47.4 Å². The molecule has 0 atom stereocenters. The summed E-state index contributed by atoms with van der Waals surface area (Å²) in [6.45, 7) is 9.13. The van der Waals surface area contributed by atoms with Gasteiger partial charge in [-0.15, -0.1) is 54.1 Å². The number of aryl methyl sites for hydroxylation is 1. The predicted octanol–water partition coefficient (Wildman–Crippen LogP) is 9.51. The van der Waals surface area contributed by atoms with E-state index in [0.717, 1.165) is 39.1 Å². The molecule has 0 bridgehead atoms. The summed E-state index contributed by atoms with van der Waals surface area (Å²) in [5, 5.41) is 3.74. The van der Waals surface area contributed by atoms with Crippen molar-refractivity contribution in [1.29, 1.82) is 0 Å². The van der Waals surface area contributed by atoms with Crippen LogP contribution < -0.4 is 5.19 Å². The fourth-order valence-electron chi connectivity index (χ4n) is 5.63. The molecule has 6 aromatic rings. The molecule has 1 fully saturated rings. The second-order valence-electron chi connectivity index (χ2n) is 12.1. The Bertz CT molecular complexity index is 1770. The molecular formula is C37H36IrN2OSi-2. The van der Waals surface area contributed by atoms with Crippen molar-refractivity contribution in [2.24, 2.45) is 0 Å². The van der Waals surface area contributed by atoms with Gasteiger partial charge < -0.3 is 14.4 Å². The zero-order valence-corrected chi connectivity index (χ0v) is 28.1. The van der Waals surface area contributed by atoms with Crippen molar-refractivity contribution >= 4 is 35.2 Å². The van der Waals surface area contributed by atoms with Crippen molar-refractivity contribution in [1.82, 2.24) is 9.97 Å². The van der Waals surface area contributed by atoms with Gasteiger partial charge in [-0.2, -0.15) is 0 Å². The van der Waals surface area contributed by atoms with Gasteiger partial charge in [0.2, 0.25) is 0 Å². The van der Waals surface area contributed by atoms with E-state index >= 15 is 0 Å². The monoisotopic (exact) mass is 745 g/mol. The Labute approximate surface area is 263 Å². The fourth-order valence-corrected chi connectivity index (χ4v) is 6.78. The maximum Gasteiger partial charge on any atom is 0.120 e. The van der Waals surface area contributed by atoms with Crippen molar-refractivity contribution in [2.75, 3.05) is 0 Å². The van der Waals surface area contributed by atoms with Gasteiger partial charge in [0, 0.05) is 37.9 Å². The van der Waals surface area contributed by atoms with Gasteiger partial charge in [-0.1, -0.05) is 85.0 Å². The van der Waals surface area contributed by atoms with Crippen LogP contribution in [0, 0.1) is 19.1 Å². The minimum atomic E-state index is -1.38. The van der Waals surface area contributed by atoms with Crippen LogP contribution in [-0.2, 0) is 20.1 Å². The molecule has 3 heterocycles. The van der Waals surface area contributed by atoms with Gasteiger partial charge >= 0.3 is 0 Å². The minimum Gasteiger partial charge on any atom is -0.501 e. The van der Waals surface area contributed by atoms with Gasteiger partial charge in [-0.3, -0.25) is 0 Å². The number of benzene rings is 3. The van der Waals surface area contributed by atoms with Crippen LogP contribution in [-0.4, -0.2) is 18.0 Å². The van der Waals surface area contributed by atoms with Gasteiger partial charge in [-0.25, -0.2) is 0 Å². The van der Waals surface area contributed by atoms with E-state index in [-0.39, 0.29) is 20.1 Å². The molecule has 0 aliphatic heterocycles.